The summed E-state index contributed by atoms with van der Waals surface area (Å²) in [5, 5.41) is 3.44. The van der Waals surface area contributed by atoms with Gasteiger partial charge >= 0.3 is 0 Å². The van der Waals surface area contributed by atoms with Gasteiger partial charge in [0.15, 0.2) is 0 Å². The third kappa shape index (κ3) is 3.97. The van der Waals surface area contributed by atoms with Crippen LogP contribution < -0.4 is 5.32 Å². The topological polar surface area (TPSA) is 81.1 Å². The summed E-state index contributed by atoms with van der Waals surface area (Å²) in [7, 11) is -3.71. The van der Waals surface area contributed by atoms with E-state index in [0.29, 0.717) is 17.4 Å². The molecule has 1 amide bonds. The summed E-state index contributed by atoms with van der Waals surface area (Å²) in [6.07, 6.45) is 4.91. The van der Waals surface area contributed by atoms with Crippen LogP contribution in [-0.4, -0.2) is 23.9 Å². The summed E-state index contributed by atoms with van der Waals surface area (Å²) in [4.78, 5) is 17.0. The monoisotopic (exact) mass is 419 g/mol. The molecule has 4 aromatic rings. The highest BCUT2D eigenvalue weighted by molar-refractivity contribution is 7.91. The van der Waals surface area contributed by atoms with Crippen LogP contribution in [0.25, 0.3) is 10.9 Å². The van der Waals surface area contributed by atoms with Crippen molar-refractivity contribution in [2.75, 3.05) is 0 Å². The predicted octanol–water partition coefficient (Wildman–Crippen LogP) is 3.49. The highest BCUT2D eigenvalue weighted by atomic mass is 32.2. The summed E-state index contributed by atoms with van der Waals surface area (Å²) in [6.45, 7) is 2.29. The number of nitrogens with zero attached hydrogens (tertiary/aromatic N) is 2. The number of aromatic nitrogens is 2. The van der Waals surface area contributed by atoms with Gasteiger partial charge in [-0.05, 0) is 36.8 Å². The van der Waals surface area contributed by atoms with E-state index in [1.54, 1.807) is 59.6 Å². The highest BCUT2D eigenvalue weighted by Crippen LogP contribution is 2.30. The van der Waals surface area contributed by atoms with Crippen molar-refractivity contribution < 1.29 is 13.2 Å². The molecule has 7 heteroatoms. The Hall–Kier alpha value is -3.45. The molecule has 30 heavy (non-hydrogen) atoms. The van der Waals surface area contributed by atoms with Crippen LogP contribution in [0, 0.1) is 6.92 Å². The molecule has 2 aromatic heterocycles. The fraction of sp³-hybridized carbons (Fsp3) is 0.130. The molecule has 152 valence electrons. The zero-order chi connectivity index (χ0) is 21.1. The lowest BCUT2D eigenvalue weighted by atomic mass is 10.2. The molecule has 0 aliphatic heterocycles. The van der Waals surface area contributed by atoms with E-state index in [4.69, 9.17) is 0 Å². The zero-order valence-electron chi connectivity index (χ0n) is 16.4. The number of fused-ring (bicyclic) bond motifs is 1. The Kier molecular flexibility index (Phi) is 5.37. The quantitative estimate of drug-likeness (QED) is 0.519. The first kappa shape index (κ1) is 19.8. The average molecular weight is 420 g/mol. The van der Waals surface area contributed by atoms with Gasteiger partial charge < -0.3 is 9.88 Å². The summed E-state index contributed by atoms with van der Waals surface area (Å²) in [5.74, 6) is -0.209. The SMILES string of the molecule is Cc1ccc(S(=O)(=O)c2cn(CC(=O)NCc3cccnc3)c3ccccc23)cc1. The van der Waals surface area contributed by atoms with Crippen molar-refractivity contribution in [2.24, 2.45) is 0 Å². The summed E-state index contributed by atoms with van der Waals surface area (Å²) in [5.41, 5.74) is 2.58. The van der Waals surface area contributed by atoms with E-state index in [0.717, 1.165) is 11.1 Å². The summed E-state index contributed by atoms with van der Waals surface area (Å²) in [6, 6.07) is 17.7. The van der Waals surface area contributed by atoms with Gasteiger partial charge in [0.05, 0.1) is 9.79 Å². The van der Waals surface area contributed by atoms with Crippen LogP contribution in [0.2, 0.25) is 0 Å². The smallest absolute Gasteiger partial charge is 0.240 e. The van der Waals surface area contributed by atoms with Crippen molar-refractivity contribution >= 4 is 26.6 Å². The van der Waals surface area contributed by atoms with Crippen LogP contribution in [0.5, 0.6) is 0 Å². The fourth-order valence-corrected chi connectivity index (χ4v) is 4.79. The number of carbonyl (C=O) groups excluding carboxylic acids is 1. The molecule has 0 radical (unpaired) electrons. The summed E-state index contributed by atoms with van der Waals surface area (Å²) < 4.78 is 28.2. The van der Waals surface area contributed by atoms with Crippen LogP contribution in [-0.2, 0) is 27.7 Å². The molecule has 1 N–H and O–H groups in total. The van der Waals surface area contributed by atoms with E-state index in [2.05, 4.69) is 10.3 Å². The Morgan fingerprint density at radius 3 is 2.53 bits per heavy atom. The predicted molar refractivity (Wildman–Crippen MR) is 115 cm³/mol. The van der Waals surface area contributed by atoms with Gasteiger partial charge in [-0.25, -0.2) is 8.42 Å². The number of aryl methyl sites for hydroxylation is 1. The molecule has 0 spiro atoms. The Bertz CT molecular complexity index is 1290. The van der Waals surface area contributed by atoms with Gasteiger partial charge in [0.2, 0.25) is 15.7 Å². The third-order valence-corrected chi connectivity index (χ3v) is 6.70. The molecule has 0 atom stereocenters. The Morgan fingerprint density at radius 2 is 1.80 bits per heavy atom. The zero-order valence-corrected chi connectivity index (χ0v) is 17.3. The van der Waals surface area contributed by atoms with Crippen molar-refractivity contribution in [1.29, 1.82) is 0 Å². The number of amides is 1. The molecular weight excluding hydrogens is 398 g/mol. The van der Waals surface area contributed by atoms with E-state index in [-0.39, 0.29) is 22.2 Å². The second kappa shape index (κ2) is 8.12. The first-order valence-corrected chi connectivity index (χ1v) is 11.0. The molecule has 0 saturated carbocycles. The number of rotatable bonds is 6. The van der Waals surface area contributed by atoms with Crippen molar-refractivity contribution in [1.82, 2.24) is 14.9 Å². The second-order valence-corrected chi connectivity index (χ2v) is 9.01. The number of pyridine rings is 1. The molecular formula is C23H21N3O3S. The first-order valence-electron chi connectivity index (χ1n) is 9.50. The van der Waals surface area contributed by atoms with Gasteiger partial charge in [-0.15, -0.1) is 0 Å². The second-order valence-electron chi connectivity index (χ2n) is 7.09. The number of hydrogen-bond acceptors (Lipinski definition) is 4. The number of hydrogen-bond donors (Lipinski definition) is 1. The normalized spacial score (nSPS) is 11.5. The van der Waals surface area contributed by atoms with Gasteiger partial charge in [0.1, 0.15) is 6.54 Å². The molecule has 0 saturated heterocycles. The number of para-hydroxylation sites is 1. The Balaban J connectivity index is 1.64. The fourth-order valence-electron chi connectivity index (χ4n) is 3.32. The number of benzene rings is 2. The van der Waals surface area contributed by atoms with E-state index >= 15 is 0 Å². The molecule has 0 unspecified atom stereocenters. The van der Waals surface area contributed by atoms with E-state index in [1.165, 1.54) is 0 Å². The largest absolute Gasteiger partial charge is 0.350 e. The van der Waals surface area contributed by atoms with Gasteiger partial charge in [-0.3, -0.25) is 9.78 Å². The number of sulfone groups is 1. The van der Waals surface area contributed by atoms with Gasteiger partial charge in [0.25, 0.3) is 0 Å². The maximum Gasteiger partial charge on any atom is 0.240 e. The standard InChI is InChI=1S/C23H21N3O3S/c1-17-8-10-19(11-9-17)30(28,29)22-15-26(21-7-3-2-6-20(21)22)16-23(27)25-14-18-5-4-12-24-13-18/h2-13,15H,14,16H2,1H3,(H,25,27). The van der Waals surface area contributed by atoms with Crippen molar-refractivity contribution in [3.63, 3.8) is 0 Å². The van der Waals surface area contributed by atoms with Crippen LogP contribution in [0.15, 0.2) is 89.0 Å². The molecule has 0 fully saturated rings. The minimum absolute atomic E-state index is 0.0180. The number of nitrogens with one attached hydrogen (secondary N) is 1. The molecule has 6 nitrogen and oxygen atoms in total. The van der Waals surface area contributed by atoms with Crippen molar-refractivity contribution in [3.05, 3.63) is 90.4 Å². The lowest BCUT2D eigenvalue weighted by Crippen LogP contribution is -2.26. The molecule has 2 aromatic carbocycles. The van der Waals surface area contributed by atoms with E-state index < -0.39 is 9.84 Å². The lowest BCUT2D eigenvalue weighted by molar-refractivity contribution is -0.121. The Labute approximate surface area is 175 Å². The average Bonchev–Trinajstić information content (AvgIpc) is 3.13. The molecule has 0 aliphatic carbocycles. The van der Waals surface area contributed by atoms with Crippen LogP contribution in [0.3, 0.4) is 0 Å². The lowest BCUT2D eigenvalue weighted by Gasteiger charge is -2.07. The minimum atomic E-state index is -3.71. The van der Waals surface area contributed by atoms with Crippen molar-refractivity contribution in [3.8, 4) is 0 Å². The van der Waals surface area contributed by atoms with Gasteiger partial charge in [0, 0.05) is 36.0 Å². The highest BCUT2D eigenvalue weighted by Gasteiger charge is 2.23. The molecule has 2 heterocycles. The van der Waals surface area contributed by atoms with Gasteiger partial charge in [-0.1, -0.05) is 42.0 Å². The first-order chi connectivity index (χ1) is 14.4. The minimum Gasteiger partial charge on any atom is -0.350 e. The molecule has 0 aliphatic rings. The molecule has 4 rings (SSSR count). The van der Waals surface area contributed by atoms with Crippen molar-refractivity contribution in [2.45, 2.75) is 29.8 Å². The van der Waals surface area contributed by atoms with Crippen LogP contribution >= 0.6 is 0 Å². The van der Waals surface area contributed by atoms with E-state index in [9.17, 15) is 13.2 Å². The third-order valence-electron chi connectivity index (χ3n) is 4.90. The summed E-state index contributed by atoms with van der Waals surface area (Å²) >= 11 is 0. The maximum atomic E-state index is 13.2. The number of carbonyl (C=O) groups is 1. The maximum absolute atomic E-state index is 13.2. The van der Waals surface area contributed by atoms with Crippen LogP contribution in [0.4, 0.5) is 0 Å². The van der Waals surface area contributed by atoms with Gasteiger partial charge in [-0.2, -0.15) is 0 Å². The van der Waals surface area contributed by atoms with E-state index in [1.807, 2.05) is 31.2 Å². The molecule has 0 bridgehead atoms. The van der Waals surface area contributed by atoms with Crippen LogP contribution in [0.1, 0.15) is 11.1 Å². The Morgan fingerprint density at radius 1 is 1.03 bits per heavy atom.